The van der Waals surface area contributed by atoms with Crippen LogP contribution in [0.3, 0.4) is 0 Å². The van der Waals surface area contributed by atoms with E-state index in [0.29, 0.717) is 25.9 Å². The summed E-state index contributed by atoms with van der Waals surface area (Å²) in [5.74, 6) is 0. The first-order valence-corrected chi connectivity index (χ1v) is 6.17. The third-order valence-electron chi connectivity index (χ3n) is 2.82. The second-order valence-corrected chi connectivity index (χ2v) is 5.62. The maximum atomic E-state index is 11.9. The largest absolute Gasteiger partial charge is 0.444 e. The molecule has 1 saturated heterocycles. The van der Waals surface area contributed by atoms with Gasteiger partial charge in [-0.2, -0.15) is 0 Å². The SMILES string of the molecule is COOCC1(NC=O)CCN(C(=O)OC(C)(C)C)C1. The van der Waals surface area contributed by atoms with Crippen molar-refractivity contribution in [3.63, 3.8) is 0 Å². The number of nitrogens with zero attached hydrogens (tertiary/aromatic N) is 1. The topological polar surface area (TPSA) is 77.1 Å². The first kappa shape index (κ1) is 15.7. The number of carbonyl (C=O) groups is 2. The van der Waals surface area contributed by atoms with E-state index in [1.165, 1.54) is 7.11 Å². The van der Waals surface area contributed by atoms with E-state index in [4.69, 9.17) is 9.62 Å². The quantitative estimate of drug-likeness (QED) is 0.453. The molecule has 0 aromatic rings. The van der Waals surface area contributed by atoms with Crippen molar-refractivity contribution in [3.05, 3.63) is 0 Å². The predicted octanol–water partition coefficient (Wildman–Crippen LogP) is 0.690. The Morgan fingerprint density at radius 1 is 1.47 bits per heavy atom. The molecule has 0 saturated carbocycles. The van der Waals surface area contributed by atoms with Gasteiger partial charge in [0.15, 0.2) is 0 Å². The van der Waals surface area contributed by atoms with Crippen LogP contribution in [0.5, 0.6) is 0 Å². The van der Waals surface area contributed by atoms with Gasteiger partial charge in [0.1, 0.15) is 12.2 Å². The Labute approximate surface area is 113 Å². The summed E-state index contributed by atoms with van der Waals surface area (Å²) in [4.78, 5) is 33.7. The second-order valence-electron chi connectivity index (χ2n) is 5.62. The average Bonchev–Trinajstić information content (AvgIpc) is 2.70. The molecular formula is C12H22N2O5. The number of likely N-dealkylation sites (tertiary alicyclic amines) is 1. The Morgan fingerprint density at radius 2 is 2.16 bits per heavy atom. The van der Waals surface area contributed by atoms with Crippen LogP contribution in [0.25, 0.3) is 0 Å². The molecular weight excluding hydrogens is 252 g/mol. The molecule has 0 bridgehead atoms. The third-order valence-corrected chi connectivity index (χ3v) is 2.82. The Balaban J connectivity index is 2.62. The highest BCUT2D eigenvalue weighted by Crippen LogP contribution is 2.23. The van der Waals surface area contributed by atoms with E-state index in [1.54, 1.807) is 4.90 Å². The van der Waals surface area contributed by atoms with Gasteiger partial charge in [0.25, 0.3) is 0 Å². The fourth-order valence-corrected chi connectivity index (χ4v) is 1.93. The standard InChI is InChI=1S/C12H22N2O5/c1-11(2,3)19-10(16)14-6-5-12(7-14,13-9-15)8-18-17-4/h9H,5-8H2,1-4H3,(H,13,15). The summed E-state index contributed by atoms with van der Waals surface area (Å²) in [6, 6.07) is 0. The summed E-state index contributed by atoms with van der Waals surface area (Å²) >= 11 is 0. The van der Waals surface area contributed by atoms with Gasteiger partial charge in [-0.25, -0.2) is 14.6 Å². The van der Waals surface area contributed by atoms with Crippen molar-refractivity contribution in [3.8, 4) is 0 Å². The summed E-state index contributed by atoms with van der Waals surface area (Å²) < 4.78 is 5.30. The molecule has 7 heteroatoms. The summed E-state index contributed by atoms with van der Waals surface area (Å²) in [5, 5.41) is 2.71. The molecule has 1 aliphatic rings. The van der Waals surface area contributed by atoms with Gasteiger partial charge in [0.2, 0.25) is 6.41 Å². The molecule has 19 heavy (non-hydrogen) atoms. The molecule has 1 heterocycles. The molecule has 0 spiro atoms. The molecule has 1 N–H and O–H groups in total. The van der Waals surface area contributed by atoms with Crippen molar-refractivity contribution >= 4 is 12.5 Å². The minimum absolute atomic E-state index is 0.182. The highest BCUT2D eigenvalue weighted by Gasteiger charge is 2.41. The lowest BCUT2D eigenvalue weighted by Gasteiger charge is -2.28. The van der Waals surface area contributed by atoms with Crippen LogP contribution in [0.4, 0.5) is 4.79 Å². The van der Waals surface area contributed by atoms with E-state index in [2.05, 4.69) is 10.2 Å². The number of hydrogen-bond donors (Lipinski definition) is 1. The minimum Gasteiger partial charge on any atom is -0.444 e. The van der Waals surface area contributed by atoms with Crippen molar-refractivity contribution in [2.45, 2.75) is 38.3 Å². The fraction of sp³-hybridized carbons (Fsp3) is 0.833. The van der Waals surface area contributed by atoms with Crippen LogP contribution in [0, 0.1) is 0 Å². The molecule has 7 nitrogen and oxygen atoms in total. The first-order valence-electron chi connectivity index (χ1n) is 6.17. The lowest BCUT2D eigenvalue weighted by Crippen LogP contribution is -2.51. The molecule has 2 amide bonds. The van der Waals surface area contributed by atoms with Crippen LogP contribution in [0.15, 0.2) is 0 Å². The van der Waals surface area contributed by atoms with E-state index >= 15 is 0 Å². The van der Waals surface area contributed by atoms with Crippen molar-refractivity contribution in [2.75, 3.05) is 26.8 Å². The van der Waals surface area contributed by atoms with Crippen molar-refractivity contribution in [2.24, 2.45) is 0 Å². The smallest absolute Gasteiger partial charge is 0.410 e. The van der Waals surface area contributed by atoms with Gasteiger partial charge < -0.3 is 15.0 Å². The van der Waals surface area contributed by atoms with Gasteiger partial charge >= 0.3 is 6.09 Å². The first-order chi connectivity index (χ1) is 8.82. The van der Waals surface area contributed by atoms with E-state index < -0.39 is 11.1 Å². The summed E-state index contributed by atoms with van der Waals surface area (Å²) in [5.41, 5.74) is -1.15. The normalized spacial score (nSPS) is 23.3. The van der Waals surface area contributed by atoms with Crippen LogP contribution in [0.1, 0.15) is 27.2 Å². The van der Waals surface area contributed by atoms with E-state index in [1.807, 2.05) is 20.8 Å². The monoisotopic (exact) mass is 274 g/mol. The Morgan fingerprint density at radius 3 is 2.68 bits per heavy atom. The van der Waals surface area contributed by atoms with Crippen LogP contribution < -0.4 is 5.32 Å². The third kappa shape index (κ3) is 4.68. The summed E-state index contributed by atoms with van der Waals surface area (Å²) in [7, 11) is 1.40. The van der Waals surface area contributed by atoms with E-state index in [0.717, 1.165) is 0 Å². The lowest BCUT2D eigenvalue weighted by molar-refractivity contribution is -0.282. The number of ether oxygens (including phenoxy) is 1. The molecule has 0 aliphatic carbocycles. The average molecular weight is 274 g/mol. The minimum atomic E-state index is -0.616. The van der Waals surface area contributed by atoms with Crippen molar-refractivity contribution in [1.29, 1.82) is 0 Å². The van der Waals surface area contributed by atoms with Gasteiger partial charge in [-0.3, -0.25) is 4.79 Å². The maximum absolute atomic E-state index is 11.9. The Bertz CT molecular complexity index is 329. The molecule has 1 atom stereocenters. The summed E-state index contributed by atoms with van der Waals surface area (Å²) in [6.45, 7) is 6.46. The van der Waals surface area contributed by atoms with Crippen LogP contribution in [-0.2, 0) is 19.3 Å². The highest BCUT2D eigenvalue weighted by atomic mass is 17.2. The number of rotatable bonds is 5. The zero-order valence-corrected chi connectivity index (χ0v) is 11.9. The van der Waals surface area contributed by atoms with Gasteiger partial charge in [0, 0.05) is 13.1 Å². The van der Waals surface area contributed by atoms with Crippen molar-refractivity contribution < 1.29 is 24.1 Å². The molecule has 110 valence electrons. The van der Waals surface area contributed by atoms with Gasteiger partial charge in [-0.15, -0.1) is 0 Å². The molecule has 0 radical (unpaired) electrons. The van der Waals surface area contributed by atoms with Crippen LogP contribution >= 0.6 is 0 Å². The molecule has 1 fully saturated rings. The van der Waals surface area contributed by atoms with Gasteiger partial charge in [-0.1, -0.05) is 0 Å². The number of amides is 2. The van der Waals surface area contributed by atoms with Gasteiger partial charge in [0.05, 0.1) is 12.6 Å². The number of nitrogens with one attached hydrogen (secondary N) is 1. The van der Waals surface area contributed by atoms with Crippen LogP contribution in [-0.4, -0.2) is 55.3 Å². The number of carbonyl (C=O) groups excluding carboxylic acids is 2. The second kappa shape index (κ2) is 6.21. The number of hydrogen-bond acceptors (Lipinski definition) is 5. The molecule has 1 aliphatic heterocycles. The molecule has 0 aromatic carbocycles. The fourth-order valence-electron chi connectivity index (χ4n) is 1.93. The highest BCUT2D eigenvalue weighted by molar-refractivity contribution is 5.69. The zero-order valence-electron chi connectivity index (χ0n) is 11.9. The molecule has 1 unspecified atom stereocenters. The van der Waals surface area contributed by atoms with Crippen LogP contribution in [0.2, 0.25) is 0 Å². The maximum Gasteiger partial charge on any atom is 0.410 e. The Kier molecular flexibility index (Phi) is 5.13. The lowest BCUT2D eigenvalue weighted by atomic mass is 10.0. The molecule has 0 aromatic heterocycles. The molecule has 1 rings (SSSR count). The van der Waals surface area contributed by atoms with Crippen molar-refractivity contribution in [1.82, 2.24) is 10.2 Å². The van der Waals surface area contributed by atoms with E-state index in [9.17, 15) is 9.59 Å². The summed E-state index contributed by atoms with van der Waals surface area (Å²) in [6.07, 6.45) is 0.811. The Hall–Kier alpha value is -1.34. The van der Waals surface area contributed by atoms with Gasteiger partial charge in [-0.05, 0) is 27.2 Å². The zero-order chi connectivity index (χ0) is 14.5. The predicted molar refractivity (Wildman–Crippen MR) is 67.3 cm³/mol. The van der Waals surface area contributed by atoms with E-state index in [-0.39, 0.29) is 12.7 Å².